The third-order valence-corrected chi connectivity index (χ3v) is 4.92. The zero-order valence-corrected chi connectivity index (χ0v) is 15.5. The zero-order valence-electron chi connectivity index (χ0n) is 15.5. The minimum atomic E-state index is -1.09. The monoisotopic (exact) mass is 329 g/mol. The lowest BCUT2D eigenvalue weighted by molar-refractivity contribution is -0.576. The van der Waals surface area contributed by atoms with Gasteiger partial charge in [0.05, 0.1) is 0 Å². The number of rotatable bonds is 17. The van der Waals surface area contributed by atoms with Crippen molar-refractivity contribution in [1.82, 2.24) is 0 Å². The van der Waals surface area contributed by atoms with Crippen LogP contribution in [-0.4, -0.2) is 22.2 Å². The summed E-state index contributed by atoms with van der Waals surface area (Å²) in [7, 11) is 0. The summed E-state index contributed by atoms with van der Waals surface area (Å²) in [5.74, 6) is 0. The largest absolute Gasteiger partial charge is 0.389 e. The number of nitrogens with zero attached hydrogens (tertiary/aromatic N) is 1. The van der Waals surface area contributed by atoms with Crippen LogP contribution in [0.3, 0.4) is 0 Å². The lowest BCUT2D eigenvalue weighted by Gasteiger charge is -2.23. The topological polar surface area (TPSA) is 63.4 Å². The summed E-state index contributed by atoms with van der Waals surface area (Å²) >= 11 is 0. The van der Waals surface area contributed by atoms with Gasteiger partial charge in [-0.3, -0.25) is 10.1 Å². The number of unbranched alkanes of at least 4 members (excludes halogenated alkanes) is 11. The molecule has 138 valence electrons. The van der Waals surface area contributed by atoms with Crippen LogP contribution in [0.4, 0.5) is 0 Å². The van der Waals surface area contributed by atoms with E-state index in [0.29, 0.717) is 12.8 Å². The Hall–Kier alpha value is -0.640. The molecule has 0 aromatic rings. The van der Waals surface area contributed by atoms with Crippen molar-refractivity contribution in [2.24, 2.45) is 0 Å². The first kappa shape index (κ1) is 22.4. The summed E-state index contributed by atoms with van der Waals surface area (Å²) in [6, 6.07) is 0. The van der Waals surface area contributed by atoms with Gasteiger partial charge in [0.2, 0.25) is 5.54 Å². The van der Waals surface area contributed by atoms with Gasteiger partial charge in [0.25, 0.3) is 0 Å². The molecule has 0 aliphatic rings. The third-order valence-electron chi connectivity index (χ3n) is 4.92. The first-order chi connectivity index (χ1) is 11.1. The van der Waals surface area contributed by atoms with Crippen LogP contribution < -0.4 is 0 Å². The lowest BCUT2D eigenvalue weighted by atomic mass is 9.87. The minimum Gasteiger partial charge on any atom is -0.389 e. The van der Waals surface area contributed by atoms with E-state index in [1.807, 2.05) is 0 Å². The Morgan fingerprint density at radius 2 is 1.09 bits per heavy atom. The Labute approximate surface area is 143 Å². The zero-order chi connectivity index (χ0) is 17.4. The van der Waals surface area contributed by atoms with Gasteiger partial charge < -0.3 is 5.11 Å². The number of hydrogen-bond acceptors (Lipinski definition) is 3. The molecule has 0 rings (SSSR count). The predicted octanol–water partition coefficient (Wildman–Crippen LogP) is 5.89. The maximum absolute atomic E-state index is 11.5. The number of nitro groups is 1. The summed E-state index contributed by atoms with van der Waals surface area (Å²) in [6.45, 7) is 4.07. The molecule has 1 atom stereocenters. The van der Waals surface area contributed by atoms with E-state index in [1.54, 1.807) is 0 Å². The molecule has 0 saturated carbocycles. The van der Waals surface area contributed by atoms with E-state index in [2.05, 4.69) is 13.8 Å². The van der Waals surface area contributed by atoms with Gasteiger partial charge in [-0.1, -0.05) is 84.5 Å². The highest BCUT2D eigenvalue weighted by atomic mass is 16.6. The normalized spacial score (nSPS) is 13.9. The molecular weight excluding hydrogens is 290 g/mol. The van der Waals surface area contributed by atoms with Gasteiger partial charge in [-0.25, -0.2) is 0 Å². The van der Waals surface area contributed by atoms with Gasteiger partial charge in [-0.05, 0) is 12.8 Å². The SMILES string of the molecule is CCCCCCCCCC(CO)(CCCCCCCC)[N+](=O)[O-]. The molecule has 0 heterocycles. The fourth-order valence-corrected chi connectivity index (χ4v) is 3.17. The van der Waals surface area contributed by atoms with Crippen LogP contribution >= 0.6 is 0 Å². The minimum absolute atomic E-state index is 0.212. The molecule has 0 saturated heterocycles. The highest BCUT2D eigenvalue weighted by Gasteiger charge is 2.40. The highest BCUT2D eigenvalue weighted by molar-refractivity contribution is 4.78. The number of hydrogen-bond donors (Lipinski definition) is 1. The Bertz CT molecular complexity index is 284. The average Bonchev–Trinajstić information content (AvgIpc) is 2.55. The summed E-state index contributed by atoms with van der Waals surface area (Å²) in [6.07, 6.45) is 15.9. The molecule has 0 aromatic carbocycles. The maximum atomic E-state index is 11.5. The quantitative estimate of drug-likeness (QED) is 0.206. The molecule has 1 N–H and O–H groups in total. The fourth-order valence-electron chi connectivity index (χ4n) is 3.17. The molecule has 0 radical (unpaired) electrons. The molecule has 4 nitrogen and oxygen atoms in total. The molecule has 23 heavy (non-hydrogen) atoms. The van der Waals surface area contributed by atoms with Crippen molar-refractivity contribution >= 4 is 0 Å². The molecule has 1 unspecified atom stereocenters. The molecular formula is C19H39NO3. The van der Waals surface area contributed by atoms with E-state index in [-0.39, 0.29) is 11.5 Å². The van der Waals surface area contributed by atoms with Crippen molar-refractivity contribution < 1.29 is 10.0 Å². The van der Waals surface area contributed by atoms with Crippen molar-refractivity contribution in [2.45, 2.75) is 116 Å². The summed E-state index contributed by atoms with van der Waals surface area (Å²) in [5, 5.41) is 21.1. The van der Waals surface area contributed by atoms with Crippen LogP contribution in [0.25, 0.3) is 0 Å². The number of aliphatic hydroxyl groups excluding tert-OH is 1. The molecule has 0 aliphatic heterocycles. The molecule has 0 aromatic heterocycles. The second-order valence-corrected chi connectivity index (χ2v) is 7.03. The molecule has 0 aliphatic carbocycles. The van der Waals surface area contributed by atoms with Crippen molar-refractivity contribution in [3.63, 3.8) is 0 Å². The fraction of sp³-hybridized carbons (Fsp3) is 1.00. The molecule has 0 fully saturated rings. The van der Waals surface area contributed by atoms with Gasteiger partial charge in [-0.2, -0.15) is 0 Å². The van der Waals surface area contributed by atoms with Crippen LogP contribution in [0.15, 0.2) is 0 Å². The number of aliphatic hydroxyl groups is 1. The third kappa shape index (κ3) is 10.7. The van der Waals surface area contributed by atoms with Crippen molar-refractivity contribution in [3.05, 3.63) is 10.1 Å². The lowest BCUT2D eigenvalue weighted by Crippen LogP contribution is -2.42. The summed E-state index contributed by atoms with van der Waals surface area (Å²) in [5.41, 5.74) is -1.09. The second-order valence-electron chi connectivity index (χ2n) is 7.03. The Morgan fingerprint density at radius 1 is 0.739 bits per heavy atom. The Morgan fingerprint density at radius 3 is 1.39 bits per heavy atom. The summed E-state index contributed by atoms with van der Waals surface area (Å²) in [4.78, 5) is 11.3. The van der Waals surface area contributed by atoms with E-state index in [1.165, 1.54) is 44.9 Å². The smallest absolute Gasteiger partial charge is 0.244 e. The Balaban J connectivity index is 4.00. The van der Waals surface area contributed by atoms with Crippen LogP contribution in [0.5, 0.6) is 0 Å². The van der Waals surface area contributed by atoms with Crippen molar-refractivity contribution in [1.29, 1.82) is 0 Å². The van der Waals surface area contributed by atoms with Crippen LogP contribution in [-0.2, 0) is 0 Å². The first-order valence-electron chi connectivity index (χ1n) is 9.88. The van der Waals surface area contributed by atoms with Crippen molar-refractivity contribution in [2.75, 3.05) is 6.61 Å². The van der Waals surface area contributed by atoms with E-state index in [0.717, 1.165) is 38.5 Å². The van der Waals surface area contributed by atoms with Crippen LogP contribution in [0, 0.1) is 10.1 Å². The van der Waals surface area contributed by atoms with E-state index >= 15 is 0 Å². The van der Waals surface area contributed by atoms with Gasteiger partial charge in [0.15, 0.2) is 0 Å². The van der Waals surface area contributed by atoms with Crippen LogP contribution in [0.2, 0.25) is 0 Å². The van der Waals surface area contributed by atoms with E-state index in [9.17, 15) is 15.2 Å². The van der Waals surface area contributed by atoms with E-state index < -0.39 is 5.54 Å². The summed E-state index contributed by atoms with van der Waals surface area (Å²) < 4.78 is 0. The van der Waals surface area contributed by atoms with Gasteiger partial charge in [0, 0.05) is 17.8 Å². The van der Waals surface area contributed by atoms with Crippen molar-refractivity contribution in [3.8, 4) is 0 Å². The first-order valence-corrected chi connectivity index (χ1v) is 9.88. The molecule has 0 amide bonds. The highest BCUT2D eigenvalue weighted by Crippen LogP contribution is 2.26. The molecule has 0 spiro atoms. The maximum Gasteiger partial charge on any atom is 0.244 e. The van der Waals surface area contributed by atoms with E-state index in [4.69, 9.17) is 0 Å². The van der Waals surface area contributed by atoms with Gasteiger partial charge in [0.1, 0.15) is 6.61 Å². The second kappa shape index (κ2) is 14.9. The van der Waals surface area contributed by atoms with Gasteiger partial charge >= 0.3 is 0 Å². The Kier molecular flexibility index (Phi) is 14.5. The predicted molar refractivity (Wildman–Crippen MR) is 97.4 cm³/mol. The molecule has 0 bridgehead atoms. The standard InChI is InChI=1S/C19H39NO3/c1-3-5-7-9-11-13-15-17-19(18-21,20(22)23)16-14-12-10-8-6-4-2/h21H,3-18H2,1-2H3. The molecule has 4 heteroatoms. The van der Waals surface area contributed by atoms with Gasteiger partial charge in [-0.15, -0.1) is 0 Å². The average molecular weight is 330 g/mol. The van der Waals surface area contributed by atoms with Crippen LogP contribution in [0.1, 0.15) is 110 Å².